The molecule has 1 aromatic heterocycles. The summed E-state index contributed by atoms with van der Waals surface area (Å²) < 4.78 is 11.4. The highest BCUT2D eigenvalue weighted by Gasteiger charge is 2.15. The van der Waals surface area contributed by atoms with Crippen LogP contribution in [0.15, 0.2) is 62.2 Å². The van der Waals surface area contributed by atoms with Gasteiger partial charge in [0.05, 0.1) is 13.2 Å². The van der Waals surface area contributed by atoms with Gasteiger partial charge in [-0.05, 0) is 48.5 Å². The number of nitrogens with zero attached hydrogens (tertiary/aromatic N) is 1. The highest BCUT2D eigenvalue weighted by atomic mass is 79.9. The van der Waals surface area contributed by atoms with E-state index in [1.54, 1.807) is 24.3 Å². The van der Waals surface area contributed by atoms with Crippen LogP contribution in [0.1, 0.15) is 10.4 Å². The van der Waals surface area contributed by atoms with Gasteiger partial charge in [-0.25, -0.2) is 4.79 Å². The van der Waals surface area contributed by atoms with Crippen molar-refractivity contribution in [3.8, 4) is 0 Å². The summed E-state index contributed by atoms with van der Waals surface area (Å²) in [7, 11) is 0. The molecule has 2 heterocycles. The van der Waals surface area contributed by atoms with Gasteiger partial charge in [-0.3, -0.25) is 4.79 Å². The van der Waals surface area contributed by atoms with E-state index in [2.05, 4.69) is 26.1 Å². The highest BCUT2D eigenvalue weighted by Crippen LogP contribution is 2.21. The Labute approximate surface area is 163 Å². The number of anilines is 2. The Hall–Kier alpha value is -2.64. The summed E-state index contributed by atoms with van der Waals surface area (Å²) >= 11 is 3.37. The number of hydrogen-bond donors (Lipinski definition) is 1. The van der Waals surface area contributed by atoms with Crippen molar-refractivity contribution in [2.45, 2.75) is 0 Å². The number of amides is 1. The van der Waals surface area contributed by atoms with E-state index < -0.39 is 11.5 Å². The molecule has 0 spiro atoms. The van der Waals surface area contributed by atoms with E-state index in [1.807, 2.05) is 24.3 Å². The van der Waals surface area contributed by atoms with Crippen molar-refractivity contribution in [2.75, 3.05) is 36.5 Å². The van der Waals surface area contributed by atoms with Crippen LogP contribution >= 0.6 is 15.9 Å². The van der Waals surface area contributed by atoms with Crippen LogP contribution in [0, 0.1) is 0 Å². The second kappa shape index (κ2) is 7.54. The first-order valence-corrected chi connectivity index (χ1v) is 9.37. The molecule has 0 saturated carbocycles. The van der Waals surface area contributed by atoms with Crippen molar-refractivity contribution in [1.29, 1.82) is 0 Å². The summed E-state index contributed by atoms with van der Waals surface area (Å²) in [6, 6.07) is 14.3. The first kappa shape index (κ1) is 17.8. The fourth-order valence-corrected chi connectivity index (χ4v) is 3.41. The van der Waals surface area contributed by atoms with Crippen molar-refractivity contribution in [3.63, 3.8) is 0 Å². The number of benzene rings is 2. The number of carbonyl (C=O) groups is 1. The minimum atomic E-state index is -0.660. The van der Waals surface area contributed by atoms with Crippen molar-refractivity contribution in [1.82, 2.24) is 0 Å². The summed E-state index contributed by atoms with van der Waals surface area (Å²) in [6.07, 6.45) is 0. The van der Waals surface area contributed by atoms with Gasteiger partial charge in [0.15, 0.2) is 0 Å². The van der Waals surface area contributed by atoms with Crippen molar-refractivity contribution >= 4 is 44.2 Å². The molecular formula is C20H17BrN2O4. The fraction of sp³-hybridized carbons (Fsp3) is 0.200. The van der Waals surface area contributed by atoms with E-state index in [0.717, 1.165) is 23.2 Å². The van der Waals surface area contributed by atoms with Crippen LogP contribution in [-0.2, 0) is 4.74 Å². The summed E-state index contributed by atoms with van der Waals surface area (Å²) in [4.78, 5) is 26.9. The maximum Gasteiger partial charge on any atom is 0.349 e. The van der Waals surface area contributed by atoms with Gasteiger partial charge >= 0.3 is 5.63 Å². The summed E-state index contributed by atoms with van der Waals surface area (Å²) in [6.45, 7) is 3.12. The van der Waals surface area contributed by atoms with Gasteiger partial charge in [-0.15, -0.1) is 0 Å². The minimum absolute atomic E-state index is 0.0298. The molecule has 7 heteroatoms. The van der Waals surface area contributed by atoms with Gasteiger partial charge in [-0.2, -0.15) is 0 Å². The Balaban J connectivity index is 1.54. The number of ether oxygens (including phenoxy) is 1. The highest BCUT2D eigenvalue weighted by molar-refractivity contribution is 9.10. The van der Waals surface area contributed by atoms with Crippen molar-refractivity contribution < 1.29 is 13.9 Å². The molecule has 0 unspecified atom stereocenters. The van der Waals surface area contributed by atoms with Crippen LogP contribution in [0.5, 0.6) is 0 Å². The monoisotopic (exact) mass is 428 g/mol. The Kier molecular flexibility index (Phi) is 4.96. The maximum atomic E-state index is 12.5. The number of hydrogen-bond acceptors (Lipinski definition) is 5. The van der Waals surface area contributed by atoms with Crippen LogP contribution < -0.4 is 15.8 Å². The average molecular weight is 429 g/mol. The van der Waals surface area contributed by atoms with E-state index in [4.69, 9.17) is 9.15 Å². The first-order chi connectivity index (χ1) is 13.1. The molecular weight excluding hydrogens is 412 g/mol. The molecule has 1 aliphatic heterocycles. The number of rotatable bonds is 3. The first-order valence-electron chi connectivity index (χ1n) is 8.58. The van der Waals surface area contributed by atoms with Gasteiger partial charge in [0.25, 0.3) is 5.91 Å². The van der Waals surface area contributed by atoms with Crippen LogP contribution in [0.3, 0.4) is 0 Å². The van der Waals surface area contributed by atoms with E-state index in [-0.39, 0.29) is 5.56 Å². The summed E-state index contributed by atoms with van der Waals surface area (Å²) in [5, 5.41) is 3.43. The molecule has 4 rings (SSSR count). The van der Waals surface area contributed by atoms with Crippen LogP contribution in [0.2, 0.25) is 0 Å². The summed E-state index contributed by atoms with van der Waals surface area (Å²) in [5.41, 5.74) is 1.44. The molecule has 0 aliphatic carbocycles. The average Bonchev–Trinajstić information content (AvgIpc) is 2.69. The quantitative estimate of drug-likeness (QED) is 0.644. The zero-order chi connectivity index (χ0) is 18.8. The standard InChI is InChI=1S/C20H17BrN2O4/c21-14-1-6-18-13(11-14)12-17(20(25)27-18)19(24)22-15-2-4-16(5-3-15)23-7-9-26-10-8-23/h1-6,11-12H,7-10H2,(H,22,24). The second-order valence-electron chi connectivity index (χ2n) is 6.23. The third-order valence-electron chi connectivity index (χ3n) is 4.44. The lowest BCUT2D eigenvalue weighted by molar-refractivity contribution is 0.102. The molecule has 0 radical (unpaired) electrons. The molecule has 2 aromatic carbocycles. The Bertz CT molecular complexity index is 1040. The van der Waals surface area contributed by atoms with Crippen molar-refractivity contribution in [2.24, 2.45) is 0 Å². The number of carbonyl (C=O) groups excluding carboxylic acids is 1. The van der Waals surface area contributed by atoms with Gasteiger partial charge in [-0.1, -0.05) is 15.9 Å². The molecule has 1 amide bonds. The molecule has 0 bridgehead atoms. The van der Waals surface area contributed by atoms with Gasteiger partial charge in [0, 0.05) is 34.3 Å². The number of morpholine rings is 1. The zero-order valence-corrected chi connectivity index (χ0v) is 16.0. The van der Waals surface area contributed by atoms with Gasteiger partial charge in [0.2, 0.25) is 0 Å². The summed E-state index contributed by atoms with van der Waals surface area (Å²) in [5.74, 6) is -0.496. The Morgan fingerprint density at radius 2 is 1.78 bits per heavy atom. The Morgan fingerprint density at radius 1 is 1.04 bits per heavy atom. The smallest absolute Gasteiger partial charge is 0.349 e. The molecule has 6 nitrogen and oxygen atoms in total. The molecule has 3 aromatic rings. The molecule has 1 aliphatic rings. The van der Waals surface area contributed by atoms with E-state index in [1.165, 1.54) is 0 Å². The number of fused-ring (bicyclic) bond motifs is 1. The van der Waals surface area contributed by atoms with Gasteiger partial charge < -0.3 is 19.4 Å². The van der Waals surface area contributed by atoms with Crippen molar-refractivity contribution in [3.05, 3.63) is 69.0 Å². The third kappa shape index (κ3) is 3.89. The lowest BCUT2D eigenvalue weighted by atomic mass is 10.1. The molecule has 138 valence electrons. The lowest BCUT2D eigenvalue weighted by Gasteiger charge is -2.28. The molecule has 1 N–H and O–H groups in total. The van der Waals surface area contributed by atoms with E-state index in [0.29, 0.717) is 29.9 Å². The number of nitrogens with one attached hydrogen (secondary N) is 1. The van der Waals surface area contributed by atoms with E-state index in [9.17, 15) is 9.59 Å². The number of halogens is 1. The minimum Gasteiger partial charge on any atom is -0.422 e. The third-order valence-corrected chi connectivity index (χ3v) is 4.93. The molecule has 1 fully saturated rings. The molecule has 1 saturated heterocycles. The lowest BCUT2D eigenvalue weighted by Crippen LogP contribution is -2.36. The predicted octanol–water partition coefficient (Wildman–Crippen LogP) is 3.64. The predicted molar refractivity (Wildman–Crippen MR) is 108 cm³/mol. The normalized spacial score (nSPS) is 14.3. The fourth-order valence-electron chi connectivity index (χ4n) is 3.03. The zero-order valence-electron chi connectivity index (χ0n) is 14.4. The van der Waals surface area contributed by atoms with E-state index >= 15 is 0 Å². The molecule has 27 heavy (non-hydrogen) atoms. The SMILES string of the molecule is O=C(Nc1ccc(N2CCOCC2)cc1)c1cc2cc(Br)ccc2oc1=O. The molecule has 0 atom stereocenters. The Morgan fingerprint density at radius 3 is 2.52 bits per heavy atom. The van der Waals surface area contributed by atoms with Gasteiger partial charge in [0.1, 0.15) is 11.1 Å². The maximum absolute atomic E-state index is 12.5. The van der Waals surface area contributed by atoms with Crippen LogP contribution in [-0.4, -0.2) is 32.2 Å². The van der Waals surface area contributed by atoms with Crippen LogP contribution in [0.25, 0.3) is 11.0 Å². The van der Waals surface area contributed by atoms with Crippen LogP contribution in [0.4, 0.5) is 11.4 Å². The second-order valence-corrected chi connectivity index (χ2v) is 7.15. The largest absolute Gasteiger partial charge is 0.422 e. The topological polar surface area (TPSA) is 71.8 Å².